The van der Waals surface area contributed by atoms with E-state index in [0.29, 0.717) is 16.9 Å². The number of benzene rings is 1. The molecule has 0 saturated heterocycles. The normalized spacial score (nSPS) is 11.3. The smallest absolute Gasteiger partial charge is 0.276 e. The van der Waals surface area contributed by atoms with Crippen LogP contribution in [-0.4, -0.2) is 20.9 Å². The van der Waals surface area contributed by atoms with Gasteiger partial charge in [-0.1, -0.05) is 49.0 Å². The van der Waals surface area contributed by atoms with E-state index in [1.165, 1.54) is 17.5 Å². The van der Waals surface area contributed by atoms with Gasteiger partial charge in [0, 0.05) is 5.75 Å². The van der Waals surface area contributed by atoms with Crippen molar-refractivity contribution in [3.8, 4) is 0 Å². The van der Waals surface area contributed by atoms with Crippen molar-refractivity contribution in [1.29, 1.82) is 0 Å². The van der Waals surface area contributed by atoms with Crippen LogP contribution in [0, 0.1) is 0 Å². The minimum atomic E-state index is 0.665. The van der Waals surface area contributed by atoms with E-state index in [-0.39, 0.29) is 0 Å². The highest BCUT2D eigenvalue weighted by Gasteiger charge is 2.09. The molecule has 0 radical (unpaired) electrons. The summed E-state index contributed by atoms with van der Waals surface area (Å²) in [7, 11) is 0. The average molecular weight is 337 g/mol. The lowest BCUT2D eigenvalue weighted by Crippen LogP contribution is -1.79. The molecule has 0 bridgehead atoms. The maximum atomic E-state index is 5.62. The van der Waals surface area contributed by atoms with Crippen LogP contribution in [0.1, 0.15) is 25.7 Å². The average Bonchev–Trinajstić information content (AvgIpc) is 3.11. The van der Waals surface area contributed by atoms with Crippen molar-refractivity contribution in [3.05, 3.63) is 30.2 Å². The van der Waals surface area contributed by atoms with Crippen LogP contribution in [0.5, 0.6) is 0 Å². The summed E-state index contributed by atoms with van der Waals surface area (Å²) >= 11 is 4.97. The molecule has 0 N–H and O–H groups in total. The van der Waals surface area contributed by atoms with Crippen LogP contribution in [0.2, 0.25) is 0 Å². The molecule has 0 aliphatic rings. The predicted octanol–water partition coefficient (Wildman–Crippen LogP) is 4.86. The van der Waals surface area contributed by atoms with Crippen LogP contribution < -0.4 is 0 Å². The molecule has 0 fully saturated rings. The number of hydrogen-bond donors (Lipinski definition) is 0. The van der Waals surface area contributed by atoms with Gasteiger partial charge in [0.15, 0.2) is 4.34 Å². The van der Waals surface area contributed by atoms with Gasteiger partial charge in [-0.3, -0.25) is 0 Å². The zero-order chi connectivity index (χ0) is 14.5. The van der Waals surface area contributed by atoms with Crippen LogP contribution in [0.25, 0.3) is 10.2 Å². The Bertz CT molecular complexity index is 677. The van der Waals surface area contributed by atoms with Crippen molar-refractivity contribution in [2.24, 2.45) is 0 Å². The van der Waals surface area contributed by atoms with Crippen molar-refractivity contribution in [1.82, 2.24) is 15.2 Å². The third-order valence-electron chi connectivity index (χ3n) is 2.77. The van der Waals surface area contributed by atoms with Gasteiger partial charge in [-0.05, 0) is 18.6 Å². The van der Waals surface area contributed by atoms with Gasteiger partial charge in [-0.15, -0.1) is 21.5 Å². The second-order valence-electron chi connectivity index (χ2n) is 4.40. The van der Waals surface area contributed by atoms with E-state index < -0.39 is 0 Å². The molecular formula is C14H15N3OS3. The number of nitrogens with zero attached hydrogens (tertiary/aromatic N) is 3. The predicted molar refractivity (Wildman–Crippen MR) is 89.1 cm³/mol. The van der Waals surface area contributed by atoms with Gasteiger partial charge in [0.1, 0.15) is 0 Å². The number of rotatable bonds is 7. The SMILES string of the molecule is CCCCSc1nnc(CSc2nc3ccccc3s2)o1. The minimum absolute atomic E-state index is 0.665. The molecule has 2 heterocycles. The summed E-state index contributed by atoms with van der Waals surface area (Å²) in [6, 6.07) is 8.17. The maximum Gasteiger partial charge on any atom is 0.276 e. The van der Waals surface area contributed by atoms with E-state index in [0.717, 1.165) is 15.6 Å². The molecule has 0 unspecified atom stereocenters. The first-order chi connectivity index (χ1) is 10.3. The molecule has 3 rings (SSSR count). The Hall–Kier alpha value is -1.05. The Labute approximate surface area is 135 Å². The number of thiazole rings is 1. The van der Waals surface area contributed by atoms with Crippen molar-refractivity contribution in [3.63, 3.8) is 0 Å². The van der Waals surface area contributed by atoms with Crippen molar-refractivity contribution in [2.45, 2.75) is 35.1 Å². The Morgan fingerprint density at radius 3 is 2.95 bits per heavy atom. The number of aromatic nitrogens is 3. The van der Waals surface area contributed by atoms with Crippen LogP contribution in [0.15, 0.2) is 38.2 Å². The number of para-hydroxylation sites is 1. The maximum absolute atomic E-state index is 5.62. The Kier molecular flexibility index (Phi) is 5.16. The molecule has 3 aromatic rings. The first-order valence-corrected chi connectivity index (χ1v) is 9.57. The molecule has 21 heavy (non-hydrogen) atoms. The highest BCUT2D eigenvalue weighted by atomic mass is 32.2. The lowest BCUT2D eigenvalue weighted by Gasteiger charge is -1.93. The third-order valence-corrected chi connectivity index (χ3v) is 5.83. The fourth-order valence-corrected chi connectivity index (χ4v) is 4.46. The van der Waals surface area contributed by atoms with Gasteiger partial charge in [0.2, 0.25) is 5.89 Å². The molecule has 0 atom stereocenters. The molecule has 1 aromatic carbocycles. The standard InChI is InChI=1S/C14H15N3OS3/c1-2-3-8-19-13-17-16-12(18-13)9-20-14-15-10-6-4-5-7-11(10)21-14/h4-7H,2-3,8-9H2,1H3. The zero-order valence-electron chi connectivity index (χ0n) is 11.6. The summed E-state index contributed by atoms with van der Waals surface area (Å²) in [4.78, 5) is 4.58. The molecule has 110 valence electrons. The summed E-state index contributed by atoms with van der Waals surface area (Å²) in [6.07, 6.45) is 2.35. The Balaban J connectivity index is 1.57. The molecule has 0 aliphatic heterocycles. The van der Waals surface area contributed by atoms with Gasteiger partial charge in [-0.2, -0.15) is 0 Å². The van der Waals surface area contributed by atoms with Gasteiger partial charge in [-0.25, -0.2) is 4.98 Å². The second-order valence-corrected chi connectivity index (χ2v) is 7.70. The van der Waals surface area contributed by atoms with E-state index in [1.807, 2.05) is 18.2 Å². The monoisotopic (exact) mass is 337 g/mol. The van der Waals surface area contributed by atoms with Crippen molar-refractivity contribution >= 4 is 45.1 Å². The van der Waals surface area contributed by atoms with Crippen LogP contribution >= 0.6 is 34.9 Å². The molecule has 7 heteroatoms. The molecule has 0 amide bonds. The van der Waals surface area contributed by atoms with Gasteiger partial charge in [0.25, 0.3) is 5.22 Å². The highest BCUT2D eigenvalue weighted by Crippen LogP contribution is 2.31. The van der Waals surface area contributed by atoms with Crippen LogP contribution in [-0.2, 0) is 5.75 Å². The zero-order valence-corrected chi connectivity index (χ0v) is 14.1. The number of unbranched alkanes of at least 4 members (excludes halogenated alkanes) is 1. The Morgan fingerprint density at radius 1 is 1.19 bits per heavy atom. The van der Waals surface area contributed by atoms with Gasteiger partial charge in [0.05, 0.1) is 16.0 Å². The molecular weight excluding hydrogens is 322 g/mol. The second kappa shape index (κ2) is 7.29. The number of thioether (sulfide) groups is 2. The van der Waals surface area contributed by atoms with Gasteiger partial charge >= 0.3 is 0 Å². The fraction of sp³-hybridized carbons (Fsp3) is 0.357. The highest BCUT2D eigenvalue weighted by molar-refractivity contribution is 8.00. The summed E-state index contributed by atoms with van der Waals surface area (Å²) < 4.78 is 7.87. The number of hydrogen-bond acceptors (Lipinski definition) is 7. The topological polar surface area (TPSA) is 51.8 Å². The van der Waals surface area contributed by atoms with Crippen molar-refractivity contribution < 1.29 is 4.42 Å². The van der Waals surface area contributed by atoms with E-state index in [1.54, 1.807) is 34.9 Å². The van der Waals surface area contributed by atoms with E-state index in [9.17, 15) is 0 Å². The fourth-order valence-electron chi connectivity index (χ4n) is 1.69. The van der Waals surface area contributed by atoms with E-state index in [4.69, 9.17) is 4.42 Å². The summed E-state index contributed by atoms with van der Waals surface area (Å²) in [6.45, 7) is 2.18. The summed E-state index contributed by atoms with van der Waals surface area (Å²) in [5, 5.41) is 8.81. The Morgan fingerprint density at radius 2 is 2.10 bits per heavy atom. The van der Waals surface area contributed by atoms with Crippen molar-refractivity contribution in [2.75, 3.05) is 5.75 Å². The van der Waals surface area contributed by atoms with Crippen LogP contribution in [0.3, 0.4) is 0 Å². The minimum Gasteiger partial charge on any atom is -0.415 e. The van der Waals surface area contributed by atoms with E-state index in [2.05, 4.69) is 28.2 Å². The molecule has 0 spiro atoms. The molecule has 0 saturated carbocycles. The number of fused-ring (bicyclic) bond motifs is 1. The van der Waals surface area contributed by atoms with Crippen LogP contribution in [0.4, 0.5) is 0 Å². The third kappa shape index (κ3) is 3.99. The molecule has 2 aromatic heterocycles. The summed E-state index contributed by atoms with van der Waals surface area (Å²) in [5.74, 6) is 2.36. The first kappa shape index (κ1) is 14.9. The quantitative estimate of drug-likeness (QED) is 0.453. The largest absolute Gasteiger partial charge is 0.415 e. The lowest BCUT2D eigenvalue weighted by atomic mass is 10.3. The first-order valence-electron chi connectivity index (χ1n) is 6.78. The van der Waals surface area contributed by atoms with E-state index >= 15 is 0 Å². The summed E-state index contributed by atoms with van der Waals surface area (Å²) in [5.41, 5.74) is 1.05. The van der Waals surface area contributed by atoms with Gasteiger partial charge < -0.3 is 4.42 Å². The molecule has 0 aliphatic carbocycles. The molecule has 4 nitrogen and oxygen atoms in total. The lowest BCUT2D eigenvalue weighted by molar-refractivity contribution is 0.426.